The molecule has 4 rings (SSSR count). The molecule has 0 unspecified atom stereocenters. The number of aromatic nitrogens is 2. The number of fused-ring (bicyclic) bond motifs is 1. The molecule has 1 N–H and O–H groups in total. The Morgan fingerprint density at radius 3 is 2.64 bits per heavy atom. The Balaban J connectivity index is 1.60. The van der Waals surface area contributed by atoms with Crippen LogP contribution in [-0.2, 0) is 0 Å². The van der Waals surface area contributed by atoms with Crippen molar-refractivity contribution in [3.8, 4) is 0 Å². The van der Waals surface area contributed by atoms with Crippen LogP contribution in [0.2, 0.25) is 0 Å². The van der Waals surface area contributed by atoms with Crippen LogP contribution in [0.25, 0.3) is 10.8 Å². The van der Waals surface area contributed by atoms with Gasteiger partial charge in [-0.15, -0.1) is 0 Å². The number of nitrogens with zero attached hydrogens (tertiary/aromatic N) is 3. The summed E-state index contributed by atoms with van der Waals surface area (Å²) < 4.78 is 0. The van der Waals surface area contributed by atoms with Gasteiger partial charge in [0.05, 0.1) is 11.3 Å². The van der Waals surface area contributed by atoms with Crippen molar-refractivity contribution in [1.29, 1.82) is 0 Å². The maximum atomic E-state index is 12.7. The van der Waals surface area contributed by atoms with Gasteiger partial charge in [-0.25, -0.2) is 9.97 Å². The zero-order valence-corrected chi connectivity index (χ0v) is 14.2. The van der Waals surface area contributed by atoms with Crippen LogP contribution in [-0.4, -0.2) is 29.0 Å². The molecule has 25 heavy (non-hydrogen) atoms. The van der Waals surface area contributed by atoms with Crippen molar-refractivity contribution in [1.82, 2.24) is 9.97 Å². The smallest absolute Gasteiger partial charge is 0.259 e. The molecule has 126 valence electrons. The van der Waals surface area contributed by atoms with Gasteiger partial charge in [-0.05, 0) is 31.2 Å². The molecule has 2 heterocycles. The molecular formula is C20H20N4O. The van der Waals surface area contributed by atoms with Crippen LogP contribution in [0.1, 0.15) is 28.9 Å². The Hall–Kier alpha value is -2.95. The Kier molecular flexibility index (Phi) is 4.06. The SMILES string of the molecule is Cc1nc(N2CCCC2)ncc1C(=O)Nc1cccc2ccccc12. The van der Waals surface area contributed by atoms with Crippen LogP contribution in [0, 0.1) is 6.92 Å². The second-order valence-electron chi connectivity index (χ2n) is 6.34. The van der Waals surface area contributed by atoms with E-state index in [-0.39, 0.29) is 5.91 Å². The van der Waals surface area contributed by atoms with E-state index in [1.54, 1.807) is 6.20 Å². The molecule has 1 aliphatic rings. The molecule has 3 aromatic rings. The van der Waals surface area contributed by atoms with E-state index < -0.39 is 0 Å². The number of carbonyl (C=O) groups excluding carboxylic acids is 1. The number of rotatable bonds is 3. The summed E-state index contributed by atoms with van der Waals surface area (Å²) in [5.74, 6) is 0.540. The van der Waals surface area contributed by atoms with Gasteiger partial charge in [0.15, 0.2) is 0 Å². The summed E-state index contributed by atoms with van der Waals surface area (Å²) in [5.41, 5.74) is 2.01. The van der Waals surface area contributed by atoms with E-state index in [9.17, 15) is 4.79 Å². The summed E-state index contributed by atoms with van der Waals surface area (Å²) in [4.78, 5) is 23.8. The summed E-state index contributed by atoms with van der Waals surface area (Å²) in [6, 6.07) is 13.9. The average Bonchev–Trinajstić information content (AvgIpc) is 3.16. The number of benzene rings is 2. The maximum Gasteiger partial charge on any atom is 0.259 e. The largest absolute Gasteiger partial charge is 0.341 e. The second kappa shape index (κ2) is 6.51. The van der Waals surface area contributed by atoms with E-state index in [1.807, 2.05) is 49.4 Å². The Morgan fingerprint density at radius 2 is 1.84 bits per heavy atom. The van der Waals surface area contributed by atoms with E-state index in [4.69, 9.17) is 0 Å². The molecule has 1 saturated heterocycles. The van der Waals surface area contributed by atoms with Crippen LogP contribution in [0.15, 0.2) is 48.7 Å². The molecule has 1 amide bonds. The fourth-order valence-corrected chi connectivity index (χ4v) is 3.27. The molecule has 0 radical (unpaired) electrons. The van der Waals surface area contributed by atoms with Gasteiger partial charge < -0.3 is 10.2 Å². The van der Waals surface area contributed by atoms with Gasteiger partial charge in [0.1, 0.15) is 0 Å². The van der Waals surface area contributed by atoms with Crippen LogP contribution >= 0.6 is 0 Å². The zero-order chi connectivity index (χ0) is 17.2. The molecule has 2 aromatic carbocycles. The number of anilines is 2. The van der Waals surface area contributed by atoms with Crippen molar-refractivity contribution >= 4 is 28.3 Å². The summed E-state index contributed by atoms with van der Waals surface area (Å²) in [7, 11) is 0. The van der Waals surface area contributed by atoms with Crippen LogP contribution in [0.4, 0.5) is 11.6 Å². The molecule has 0 saturated carbocycles. The highest BCUT2D eigenvalue weighted by Gasteiger charge is 2.18. The minimum atomic E-state index is -0.179. The highest BCUT2D eigenvalue weighted by Crippen LogP contribution is 2.24. The van der Waals surface area contributed by atoms with E-state index >= 15 is 0 Å². The number of nitrogens with one attached hydrogen (secondary N) is 1. The van der Waals surface area contributed by atoms with Gasteiger partial charge in [-0.2, -0.15) is 0 Å². The molecule has 0 spiro atoms. The molecule has 0 atom stereocenters. The number of amides is 1. The van der Waals surface area contributed by atoms with Crippen LogP contribution in [0.3, 0.4) is 0 Å². The van der Waals surface area contributed by atoms with Crippen molar-refractivity contribution in [3.63, 3.8) is 0 Å². The van der Waals surface area contributed by atoms with Gasteiger partial charge in [0.25, 0.3) is 5.91 Å². The number of hydrogen-bond acceptors (Lipinski definition) is 4. The van der Waals surface area contributed by atoms with Crippen LogP contribution in [0.5, 0.6) is 0 Å². The van der Waals surface area contributed by atoms with Crippen molar-refractivity contribution in [2.45, 2.75) is 19.8 Å². The topological polar surface area (TPSA) is 58.1 Å². The highest BCUT2D eigenvalue weighted by atomic mass is 16.1. The van der Waals surface area contributed by atoms with E-state index in [1.165, 1.54) is 12.8 Å². The summed E-state index contributed by atoms with van der Waals surface area (Å²) >= 11 is 0. The zero-order valence-electron chi connectivity index (χ0n) is 14.2. The monoisotopic (exact) mass is 332 g/mol. The molecule has 5 heteroatoms. The lowest BCUT2D eigenvalue weighted by Crippen LogP contribution is -2.22. The van der Waals surface area contributed by atoms with Crippen molar-refractivity contribution < 1.29 is 4.79 Å². The summed E-state index contributed by atoms with van der Waals surface area (Å²) in [5, 5.41) is 5.11. The Morgan fingerprint density at radius 1 is 1.08 bits per heavy atom. The Labute approximate surface area is 146 Å². The molecular weight excluding hydrogens is 312 g/mol. The van der Waals surface area contributed by atoms with Crippen molar-refractivity contribution in [2.75, 3.05) is 23.3 Å². The average molecular weight is 332 g/mol. The third kappa shape index (κ3) is 3.05. The first-order valence-electron chi connectivity index (χ1n) is 8.60. The summed E-state index contributed by atoms with van der Waals surface area (Å²) in [6.45, 7) is 3.83. The van der Waals surface area contributed by atoms with Crippen LogP contribution < -0.4 is 10.2 Å². The van der Waals surface area contributed by atoms with E-state index in [2.05, 4.69) is 20.2 Å². The molecule has 1 aliphatic heterocycles. The predicted molar refractivity (Wildman–Crippen MR) is 100 cm³/mol. The van der Waals surface area contributed by atoms with Gasteiger partial charge in [-0.3, -0.25) is 4.79 Å². The number of carbonyl (C=O) groups is 1. The molecule has 0 bridgehead atoms. The van der Waals surface area contributed by atoms with Crippen molar-refractivity contribution in [2.24, 2.45) is 0 Å². The van der Waals surface area contributed by atoms with Gasteiger partial charge in [-0.1, -0.05) is 36.4 Å². The molecule has 1 fully saturated rings. The first-order chi connectivity index (χ1) is 12.2. The van der Waals surface area contributed by atoms with Crippen molar-refractivity contribution in [3.05, 3.63) is 59.9 Å². The second-order valence-corrected chi connectivity index (χ2v) is 6.34. The minimum Gasteiger partial charge on any atom is -0.341 e. The fraction of sp³-hybridized carbons (Fsp3) is 0.250. The normalized spacial score (nSPS) is 14.0. The quantitative estimate of drug-likeness (QED) is 0.793. The standard InChI is InChI=1S/C20H20N4O/c1-14-17(13-21-20(22-14)24-11-4-5-12-24)19(25)23-18-10-6-8-15-7-2-3-9-16(15)18/h2-3,6-10,13H,4-5,11-12H2,1H3,(H,23,25). The molecule has 1 aromatic heterocycles. The predicted octanol–water partition coefficient (Wildman–Crippen LogP) is 3.79. The third-order valence-electron chi connectivity index (χ3n) is 4.64. The number of hydrogen-bond donors (Lipinski definition) is 1. The van der Waals surface area contributed by atoms with Gasteiger partial charge >= 0.3 is 0 Å². The first-order valence-corrected chi connectivity index (χ1v) is 8.60. The first kappa shape index (κ1) is 15.6. The molecule has 0 aliphatic carbocycles. The highest BCUT2D eigenvalue weighted by molar-refractivity contribution is 6.09. The third-order valence-corrected chi connectivity index (χ3v) is 4.64. The maximum absolute atomic E-state index is 12.7. The molecule has 5 nitrogen and oxygen atoms in total. The lowest BCUT2D eigenvalue weighted by atomic mass is 10.1. The Bertz CT molecular complexity index is 927. The lowest BCUT2D eigenvalue weighted by molar-refractivity contribution is 0.102. The minimum absolute atomic E-state index is 0.179. The van der Waals surface area contributed by atoms with E-state index in [0.29, 0.717) is 11.3 Å². The summed E-state index contributed by atoms with van der Waals surface area (Å²) in [6.07, 6.45) is 3.98. The van der Waals surface area contributed by atoms with Gasteiger partial charge in [0, 0.05) is 30.4 Å². The van der Waals surface area contributed by atoms with E-state index in [0.717, 1.165) is 35.5 Å². The number of aryl methyl sites for hydroxylation is 1. The lowest BCUT2D eigenvalue weighted by Gasteiger charge is -2.16. The van der Waals surface area contributed by atoms with Gasteiger partial charge in [0.2, 0.25) is 5.95 Å². The fourth-order valence-electron chi connectivity index (χ4n) is 3.27.